The molecule has 4 aromatic rings. The van der Waals surface area contributed by atoms with Crippen LogP contribution in [-0.2, 0) is 11.2 Å². The van der Waals surface area contributed by atoms with Crippen LogP contribution >= 0.6 is 34.3 Å². The van der Waals surface area contributed by atoms with E-state index in [1.807, 2.05) is 30.3 Å². The molecule has 0 aliphatic heterocycles. The predicted molar refractivity (Wildman–Crippen MR) is 94.4 cm³/mol. The maximum absolute atomic E-state index is 11.0. The van der Waals surface area contributed by atoms with Gasteiger partial charge in [0.25, 0.3) is 0 Å². The number of carbonyl (C=O) groups excluding carboxylic acids is 1. The van der Waals surface area contributed by atoms with E-state index in [-0.39, 0.29) is 12.2 Å². The molecule has 3 aromatic heterocycles. The second-order valence-corrected chi connectivity index (χ2v) is 7.89. The van der Waals surface area contributed by atoms with Crippen LogP contribution in [-0.4, -0.2) is 11.0 Å². The standard InChI is InChI=1S/C17H10ClNO3S2/c18-14-6-5-12(24-14)16-10(8-15(20)21)22-17(19-16)13-7-9-3-1-2-4-11(9)23-13/h1-7H,8H2,(H,20,21)/p-1. The van der Waals surface area contributed by atoms with E-state index in [9.17, 15) is 9.90 Å². The number of benzene rings is 1. The molecule has 0 aliphatic rings. The van der Waals surface area contributed by atoms with Crippen molar-refractivity contribution in [2.75, 3.05) is 0 Å². The zero-order chi connectivity index (χ0) is 16.7. The number of aliphatic carboxylic acids is 1. The van der Waals surface area contributed by atoms with E-state index in [0.29, 0.717) is 15.9 Å². The first-order chi connectivity index (χ1) is 11.6. The molecule has 0 saturated heterocycles. The van der Waals surface area contributed by atoms with Crippen LogP contribution in [0, 0.1) is 0 Å². The number of hydrogen-bond acceptors (Lipinski definition) is 6. The Morgan fingerprint density at radius 3 is 2.71 bits per heavy atom. The van der Waals surface area contributed by atoms with Crippen LogP contribution in [0.1, 0.15) is 5.76 Å². The fourth-order valence-electron chi connectivity index (χ4n) is 2.43. The van der Waals surface area contributed by atoms with Crippen molar-refractivity contribution in [3.8, 4) is 21.3 Å². The molecule has 0 radical (unpaired) electrons. The number of carbonyl (C=O) groups is 1. The molecule has 0 N–H and O–H groups in total. The Morgan fingerprint density at radius 1 is 1.17 bits per heavy atom. The summed E-state index contributed by atoms with van der Waals surface area (Å²) in [5.74, 6) is -0.522. The minimum atomic E-state index is -1.21. The van der Waals surface area contributed by atoms with Gasteiger partial charge in [0, 0.05) is 17.1 Å². The van der Waals surface area contributed by atoms with Crippen molar-refractivity contribution in [3.63, 3.8) is 0 Å². The van der Waals surface area contributed by atoms with Crippen LogP contribution in [0.2, 0.25) is 4.34 Å². The Hall–Kier alpha value is -2.15. The lowest BCUT2D eigenvalue weighted by molar-refractivity contribution is -0.305. The molecule has 0 aliphatic carbocycles. The van der Waals surface area contributed by atoms with Gasteiger partial charge in [-0.15, -0.1) is 22.7 Å². The first kappa shape index (κ1) is 15.4. The molecule has 3 heterocycles. The Morgan fingerprint density at radius 2 is 2.00 bits per heavy atom. The molecule has 24 heavy (non-hydrogen) atoms. The van der Waals surface area contributed by atoms with Gasteiger partial charge in [-0.05, 0) is 29.7 Å². The van der Waals surface area contributed by atoms with Crippen molar-refractivity contribution in [2.24, 2.45) is 0 Å². The molecule has 120 valence electrons. The number of carboxylic acids is 1. The Bertz CT molecular complexity index is 1010. The molecule has 7 heteroatoms. The van der Waals surface area contributed by atoms with Crippen LogP contribution in [0.5, 0.6) is 0 Å². The van der Waals surface area contributed by atoms with Crippen LogP contribution < -0.4 is 5.11 Å². The first-order valence-corrected chi connectivity index (χ1v) is 9.05. The molecule has 0 fully saturated rings. The summed E-state index contributed by atoms with van der Waals surface area (Å²) in [6, 6.07) is 13.5. The highest BCUT2D eigenvalue weighted by atomic mass is 35.5. The second kappa shape index (κ2) is 6.05. The lowest BCUT2D eigenvalue weighted by atomic mass is 10.2. The van der Waals surface area contributed by atoms with Crippen molar-refractivity contribution in [1.29, 1.82) is 0 Å². The summed E-state index contributed by atoms with van der Waals surface area (Å²) in [6.07, 6.45) is -0.331. The van der Waals surface area contributed by atoms with E-state index in [2.05, 4.69) is 4.98 Å². The molecule has 4 rings (SSSR count). The molecule has 0 spiro atoms. The molecule has 0 saturated carbocycles. The molecule has 0 unspecified atom stereocenters. The Labute approximate surface area is 150 Å². The number of aromatic nitrogens is 1. The van der Waals surface area contributed by atoms with Crippen LogP contribution in [0.4, 0.5) is 0 Å². The molecule has 0 atom stereocenters. The summed E-state index contributed by atoms with van der Waals surface area (Å²) in [6.45, 7) is 0. The predicted octanol–water partition coefficient (Wildman–Crippen LogP) is 4.23. The summed E-state index contributed by atoms with van der Waals surface area (Å²) >= 11 is 8.86. The van der Waals surface area contributed by atoms with E-state index in [1.165, 1.54) is 11.3 Å². The van der Waals surface area contributed by atoms with Crippen LogP contribution in [0.25, 0.3) is 31.4 Å². The van der Waals surface area contributed by atoms with E-state index < -0.39 is 5.97 Å². The quantitative estimate of drug-likeness (QED) is 0.536. The number of carboxylic acid groups (broad SMARTS) is 1. The zero-order valence-corrected chi connectivity index (χ0v) is 14.5. The van der Waals surface area contributed by atoms with Gasteiger partial charge in [-0.2, -0.15) is 0 Å². The fourth-order valence-corrected chi connectivity index (χ4v) is 4.47. The molecule has 0 bridgehead atoms. The van der Waals surface area contributed by atoms with Gasteiger partial charge in [0.05, 0.1) is 14.1 Å². The number of hydrogen-bond donors (Lipinski definition) is 0. The van der Waals surface area contributed by atoms with Crippen LogP contribution in [0.3, 0.4) is 0 Å². The Kier molecular flexibility index (Phi) is 3.88. The lowest BCUT2D eigenvalue weighted by Gasteiger charge is -1.99. The van der Waals surface area contributed by atoms with Crippen molar-refractivity contribution >= 4 is 50.3 Å². The van der Waals surface area contributed by atoms with E-state index in [1.54, 1.807) is 23.5 Å². The SMILES string of the molecule is O=C([O-])Cc1oc(-c2cc3ccccc3s2)nc1-c1ccc(Cl)s1. The Balaban J connectivity index is 1.84. The van der Waals surface area contributed by atoms with Crippen LogP contribution in [0.15, 0.2) is 46.9 Å². The summed E-state index contributed by atoms with van der Waals surface area (Å²) in [5, 5.41) is 12.1. The average molecular weight is 375 g/mol. The van der Waals surface area contributed by atoms with E-state index in [4.69, 9.17) is 16.0 Å². The van der Waals surface area contributed by atoms with Crippen molar-refractivity contribution < 1.29 is 14.3 Å². The highest BCUT2D eigenvalue weighted by Crippen LogP contribution is 2.38. The molecule has 1 aromatic carbocycles. The highest BCUT2D eigenvalue weighted by molar-refractivity contribution is 7.22. The van der Waals surface area contributed by atoms with Gasteiger partial charge in [0.1, 0.15) is 11.5 Å². The monoisotopic (exact) mass is 374 g/mol. The van der Waals surface area contributed by atoms with Gasteiger partial charge in [0.2, 0.25) is 5.89 Å². The van der Waals surface area contributed by atoms with Gasteiger partial charge in [-0.3, -0.25) is 0 Å². The number of fused-ring (bicyclic) bond motifs is 1. The highest BCUT2D eigenvalue weighted by Gasteiger charge is 2.19. The summed E-state index contributed by atoms with van der Waals surface area (Å²) in [7, 11) is 0. The largest absolute Gasteiger partial charge is 0.550 e. The first-order valence-electron chi connectivity index (χ1n) is 7.04. The fraction of sp³-hybridized carbons (Fsp3) is 0.0588. The normalized spacial score (nSPS) is 11.2. The maximum Gasteiger partial charge on any atom is 0.237 e. The van der Waals surface area contributed by atoms with Gasteiger partial charge in [-0.1, -0.05) is 29.8 Å². The molecule has 4 nitrogen and oxygen atoms in total. The average Bonchev–Trinajstić information content (AvgIpc) is 3.23. The minimum Gasteiger partial charge on any atom is -0.550 e. The van der Waals surface area contributed by atoms with Crippen molar-refractivity contribution in [3.05, 3.63) is 52.6 Å². The summed E-state index contributed by atoms with van der Waals surface area (Å²) in [5.41, 5.74) is 0.503. The number of thiophene rings is 2. The van der Waals surface area contributed by atoms with Crippen molar-refractivity contribution in [1.82, 2.24) is 4.98 Å². The molecule has 0 amide bonds. The maximum atomic E-state index is 11.0. The van der Waals surface area contributed by atoms with Gasteiger partial charge < -0.3 is 14.3 Å². The lowest BCUT2D eigenvalue weighted by Crippen LogP contribution is -2.24. The van der Waals surface area contributed by atoms with E-state index in [0.717, 1.165) is 19.8 Å². The summed E-state index contributed by atoms with van der Waals surface area (Å²) in [4.78, 5) is 17.2. The number of halogens is 1. The molecular weight excluding hydrogens is 366 g/mol. The van der Waals surface area contributed by atoms with Gasteiger partial charge >= 0.3 is 0 Å². The third kappa shape index (κ3) is 2.84. The summed E-state index contributed by atoms with van der Waals surface area (Å²) < 4.78 is 7.47. The third-order valence-electron chi connectivity index (χ3n) is 3.45. The van der Waals surface area contributed by atoms with E-state index >= 15 is 0 Å². The molecular formula is C17H9ClNO3S2-. The van der Waals surface area contributed by atoms with Crippen molar-refractivity contribution in [2.45, 2.75) is 6.42 Å². The smallest absolute Gasteiger partial charge is 0.237 e. The number of oxazole rings is 1. The zero-order valence-electron chi connectivity index (χ0n) is 12.1. The van der Waals surface area contributed by atoms with Gasteiger partial charge in [-0.25, -0.2) is 4.98 Å². The van der Waals surface area contributed by atoms with Gasteiger partial charge in [0.15, 0.2) is 0 Å². The number of rotatable bonds is 4. The topological polar surface area (TPSA) is 66.2 Å². The minimum absolute atomic E-state index is 0.279. The number of nitrogens with zero attached hydrogens (tertiary/aromatic N) is 1. The second-order valence-electron chi connectivity index (χ2n) is 5.09. The third-order valence-corrected chi connectivity index (χ3v) is 5.79.